The summed E-state index contributed by atoms with van der Waals surface area (Å²) in [5, 5.41) is 0. The lowest BCUT2D eigenvalue weighted by atomic mass is 9.82. The molecule has 2 aromatic rings. The summed E-state index contributed by atoms with van der Waals surface area (Å²) in [6.07, 6.45) is 5.21. The number of nitrogens with zero attached hydrogens (tertiary/aromatic N) is 1. The fraction of sp³-hybridized carbons (Fsp3) is 0.455. The zero-order valence-corrected chi connectivity index (χ0v) is 17.1. The summed E-state index contributed by atoms with van der Waals surface area (Å²) in [5.41, 5.74) is 5.43. The maximum Gasteiger partial charge on any atom is 0.302 e. The third-order valence-corrected chi connectivity index (χ3v) is 5.02. The number of benzene rings is 1. The van der Waals surface area contributed by atoms with E-state index < -0.39 is 0 Å². The highest BCUT2D eigenvalue weighted by molar-refractivity contribution is 5.65. The van der Waals surface area contributed by atoms with E-state index in [2.05, 4.69) is 24.9 Å². The Labute approximate surface area is 161 Å². The van der Waals surface area contributed by atoms with Gasteiger partial charge in [0.05, 0.1) is 20.8 Å². The Morgan fingerprint density at radius 2 is 1.74 bits per heavy atom. The van der Waals surface area contributed by atoms with Gasteiger partial charge >= 0.3 is 5.97 Å². The molecular weight excluding hydrogens is 342 g/mol. The minimum absolute atomic E-state index is 0.0670. The molecule has 0 fully saturated rings. The Morgan fingerprint density at radius 3 is 2.30 bits per heavy atom. The zero-order valence-electron chi connectivity index (χ0n) is 17.1. The Kier molecular flexibility index (Phi) is 7.22. The van der Waals surface area contributed by atoms with Gasteiger partial charge in [-0.25, -0.2) is 0 Å². The maximum atomic E-state index is 11.1. The number of hydrogen-bond donors (Lipinski definition) is 0. The van der Waals surface area contributed by atoms with E-state index in [1.807, 2.05) is 19.2 Å². The van der Waals surface area contributed by atoms with E-state index in [0.29, 0.717) is 6.61 Å². The summed E-state index contributed by atoms with van der Waals surface area (Å²) < 4.78 is 16.7. The Balaban J connectivity index is 2.54. The summed E-state index contributed by atoms with van der Waals surface area (Å²) in [5.74, 6) is 1.58. The van der Waals surface area contributed by atoms with E-state index in [9.17, 15) is 4.79 Å². The molecule has 0 spiro atoms. The van der Waals surface area contributed by atoms with E-state index in [-0.39, 0.29) is 11.9 Å². The molecular formula is C22H29NO4. The first-order valence-electron chi connectivity index (χ1n) is 9.17. The second kappa shape index (κ2) is 9.40. The number of methoxy groups -OCH3 is 2. The third kappa shape index (κ3) is 4.59. The van der Waals surface area contributed by atoms with Gasteiger partial charge < -0.3 is 14.2 Å². The first kappa shape index (κ1) is 20.7. The minimum atomic E-state index is -0.255. The van der Waals surface area contributed by atoms with Crippen LogP contribution in [0.4, 0.5) is 0 Å². The monoisotopic (exact) mass is 371 g/mol. The number of carbonyl (C=O) groups is 1. The summed E-state index contributed by atoms with van der Waals surface area (Å²) in [6.45, 7) is 8.00. The molecule has 5 nitrogen and oxygen atoms in total. The lowest BCUT2D eigenvalue weighted by molar-refractivity contribution is -0.141. The van der Waals surface area contributed by atoms with Gasteiger partial charge in [-0.1, -0.05) is 6.07 Å². The van der Waals surface area contributed by atoms with Crippen LogP contribution in [-0.2, 0) is 9.53 Å². The van der Waals surface area contributed by atoms with Crippen LogP contribution in [0.25, 0.3) is 0 Å². The lowest BCUT2D eigenvalue weighted by Gasteiger charge is -2.26. The number of ether oxygens (including phenoxy) is 3. The van der Waals surface area contributed by atoms with Crippen LogP contribution >= 0.6 is 0 Å². The van der Waals surface area contributed by atoms with Crippen LogP contribution in [0.2, 0.25) is 0 Å². The Hall–Kier alpha value is -2.56. The maximum absolute atomic E-state index is 11.1. The molecule has 0 bridgehead atoms. The van der Waals surface area contributed by atoms with Crippen LogP contribution in [0.1, 0.15) is 53.5 Å². The molecule has 0 aliphatic carbocycles. The van der Waals surface area contributed by atoms with Gasteiger partial charge in [0.2, 0.25) is 0 Å². The number of rotatable bonds is 8. The highest BCUT2D eigenvalue weighted by Crippen LogP contribution is 2.44. The van der Waals surface area contributed by atoms with Crippen molar-refractivity contribution in [2.75, 3.05) is 20.8 Å². The van der Waals surface area contributed by atoms with Crippen LogP contribution in [0.3, 0.4) is 0 Å². The molecule has 1 aromatic heterocycles. The van der Waals surface area contributed by atoms with E-state index in [0.717, 1.165) is 52.2 Å². The van der Waals surface area contributed by atoms with Crippen LogP contribution in [-0.4, -0.2) is 31.8 Å². The van der Waals surface area contributed by atoms with Crippen molar-refractivity contribution in [1.29, 1.82) is 0 Å². The number of pyridine rings is 1. The standard InChI is InChI=1S/C22H29NO4/c1-14-15(2)22(26-6)20(16(3)21(14)25-5)19(10-8-12-27-17(4)24)18-9-7-11-23-13-18/h7,9,11,13,19H,8,10,12H2,1-6H3. The van der Waals surface area contributed by atoms with E-state index >= 15 is 0 Å². The highest BCUT2D eigenvalue weighted by Gasteiger charge is 2.26. The lowest BCUT2D eigenvalue weighted by Crippen LogP contribution is -2.11. The van der Waals surface area contributed by atoms with Gasteiger partial charge in [0.1, 0.15) is 11.5 Å². The van der Waals surface area contributed by atoms with Crippen molar-refractivity contribution in [1.82, 2.24) is 4.98 Å². The number of aromatic nitrogens is 1. The van der Waals surface area contributed by atoms with Crippen molar-refractivity contribution in [2.45, 2.75) is 46.5 Å². The van der Waals surface area contributed by atoms with Crippen molar-refractivity contribution in [3.63, 3.8) is 0 Å². The SMILES string of the molecule is COc1c(C)c(C)c(OC)c(C(CCCOC(C)=O)c2cccnc2)c1C. The predicted octanol–water partition coefficient (Wildman–Crippen LogP) is 4.50. The molecule has 5 heteroatoms. The number of hydrogen-bond acceptors (Lipinski definition) is 5. The molecule has 1 atom stereocenters. The largest absolute Gasteiger partial charge is 0.496 e. The van der Waals surface area contributed by atoms with Gasteiger partial charge in [-0.3, -0.25) is 9.78 Å². The summed E-state index contributed by atoms with van der Waals surface area (Å²) in [6, 6.07) is 4.01. The van der Waals surface area contributed by atoms with Crippen molar-refractivity contribution >= 4 is 5.97 Å². The summed E-state index contributed by atoms with van der Waals surface area (Å²) in [7, 11) is 3.40. The van der Waals surface area contributed by atoms with Crippen LogP contribution in [0.5, 0.6) is 11.5 Å². The van der Waals surface area contributed by atoms with Gasteiger partial charge in [0.15, 0.2) is 0 Å². The van der Waals surface area contributed by atoms with Crippen molar-refractivity contribution < 1.29 is 19.0 Å². The van der Waals surface area contributed by atoms with Gasteiger partial charge in [-0.2, -0.15) is 0 Å². The second-order valence-corrected chi connectivity index (χ2v) is 6.68. The predicted molar refractivity (Wildman–Crippen MR) is 106 cm³/mol. The molecule has 0 N–H and O–H groups in total. The molecule has 0 saturated carbocycles. The van der Waals surface area contributed by atoms with Gasteiger partial charge in [0.25, 0.3) is 0 Å². The Bertz CT molecular complexity index is 787. The average Bonchev–Trinajstić information content (AvgIpc) is 2.66. The number of esters is 1. The average molecular weight is 371 g/mol. The fourth-order valence-electron chi connectivity index (χ4n) is 3.67. The van der Waals surface area contributed by atoms with Crippen molar-refractivity contribution in [3.8, 4) is 11.5 Å². The zero-order chi connectivity index (χ0) is 20.0. The van der Waals surface area contributed by atoms with Crippen molar-refractivity contribution in [3.05, 3.63) is 52.3 Å². The molecule has 0 amide bonds. The minimum Gasteiger partial charge on any atom is -0.496 e. The quantitative estimate of drug-likeness (QED) is 0.505. The first-order valence-corrected chi connectivity index (χ1v) is 9.17. The third-order valence-electron chi connectivity index (χ3n) is 5.02. The molecule has 0 aliphatic rings. The first-order chi connectivity index (χ1) is 12.9. The molecule has 1 unspecified atom stereocenters. The molecule has 0 radical (unpaired) electrons. The topological polar surface area (TPSA) is 57.7 Å². The van der Waals surface area contributed by atoms with Crippen LogP contribution in [0, 0.1) is 20.8 Å². The Morgan fingerprint density at radius 1 is 1.07 bits per heavy atom. The van der Waals surface area contributed by atoms with E-state index in [1.54, 1.807) is 20.4 Å². The van der Waals surface area contributed by atoms with E-state index in [4.69, 9.17) is 14.2 Å². The van der Waals surface area contributed by atoms with Crippen molar-refractivity contribution in [2.24, 2.45) is 0 Å². The molecule has 1 heterocycles. The van der Waals surface area contributed by atoms with Crippen LogP contribution < -0.4 is 9.47 Å². The molecule has 1 aromatic carbocycles. The van der Waals surface area contributed by atoms with Gasteiger partial charge in [-0.15, -0.1) is 0 Å². The smallest absolute Gasteiger partial charge is 0.302 e. The molecule has 0 saturated heterocycles. The normalized spacial score (nSPS) is 11.8. The van der Waals surface area contributed by atoms with Gasteiger partial charge in [0, 0.05) is 30.8 Å². The molecule has 0 aliphatic heterocycles. The molecule has 146 valence electrons. The van der Waals surface area contributed by atoms with E-state index in [1.165, 1.54) is 6.92 Å². The summed E-state index contributed by atoms with van der Waals surface area (Å²) >= 11 is 0. The second-order valence-electron chi connectivity index (χ2n) is 6.68. The molecule has 2 rings (SSSR count). The van der Waals surface area contributed by atoms with Gasteiger partial charge in [-0.05, 0) is 61.9 Å². The fourth-order valence-corrected chi connectivity index (χ4v) is 3.67. The summed E-state index contributed by atoms with van der Waals surface area (Å²) in [4.78, 5) is 15.4. The molecule has 27 heavy (non-hydrogen) atoms. The number of carbonyl (C=O) groups excluding carboxylic acids is 1. The highest BCUT2D eigenvalue weighted by atomic mass is 16.5. The van der Waals surface area contributed by atoms with Crippen LogP contribution in [0.15, 0.2) is 24.5 Å².